The molecule has 7 nitrogen and oxygen atoms in total. The summed E-state index contributed by atoms with van der Waals surface area (Å²) < 4.78 is 10.9. The average molecular weight is 318 g/mol. The Morgan fingerprint density at radius 1 is 1.48 bits per heavy atom. The molecule has 3 rings (SSSR count). The molecule has 1 aliphatic heterocycles. The lowest BCUT2D eigenvalue weighted by Gasteiger charge is -2.21. The van der Waals surface area contributed by atoms with Crippen LogP contribution in [0, 0.1) is 6.92 Å². The summed E-state index contributed by atoms with van der Waals surface area (Å²) in [6.07, 6.45) is 0.239. The third-order valence-electron chi connectivity index (χ3n) is 4.10. The predicted octanol–water partition coefficient (Wildman–Crippen LogP) is 1.84. The van der Waals surface area contributed by atoms with E-state index in [2.05, 4.69) is 4.98 Å². The molecule has 1 amide bonds. The monoisotopic (exact) mass is 318 g/mol. The molecule has 1 N–H and O–H groups in total. The number of furan rings is 1. The Labute approximate surface area is 132 Å². The number of carbonyl (C=O) groups excluding carboxylic acids is 1. The number of hydrogen-bond donors (Lipinski definition) is 1. The van der Waals surface area contributed by atoms with Gasteiger partial charge in [0, 0.05) is 31.5 Å². The van der Waals surface area contributed by atoms with Gasteiger partial charge in [0.2, 0.25) is 0 Å². The maximum atomic E-state index is 12.7. The quantitative estimate of drug-likeness (QED) is 0.924. The molecule has 0 aliphatic carbocycles. The number of carboxylic acid groups (broad SMARTS) is 1. The molecule has 3 heterocycles. The largest absolute Gasteiger partial charge is 0.481 e. The van der Waals surface area contributed by atoms with Gasteiger partial charge in [-0.15, -0.1) is 0 Å². The average Bonchev–Trinajstić information content (AvgIpc) is 3.09. The number of ether oxygens (including phenoxy) is 1. The van der Waals surface area contributed by atoms with Crippen molar-refractivity contribution in [2.75, 3.05) is 13.7 Å². The van der Waals surface area contributed by atoms with Crippen molar-refractivity contribution in [1.29, 1.82) is 0 Å². The van der Waals surface area contributed by atoms with Crippen LogP contribution in [0.4, 0.5) is 0 Å². The van der Waals surface area contributed by atoms with Gasteiger partial charge in [-0.05, 0) is 25.5 Å². The van der Waals surface area contributed by atoms with E-state index in [9.17, 15) is 9.59 Å². The fourth-order valence-corrected chi connectivity index (χ4v) is 2.96. The van der Waals surface area contributed by atoms with Crippen molar-refractivity contribution < 1.29 is 23.8 Å². The minimum Gasteiger partial charge on any atom is -0.481 e. The highest BCUT2D eigenvalue weighted by Gasteiger charge is 2.38. The zero-order valence-electron chi connectivity index (χ0n) is 13.0. The summed E-state index contributed by atoms with van der Waals surface area (Å²) in [5.74, 6) is -1.09. The number of likely N-dealkylation sites (tertiary alicyclic amines) is 1. The maximum Gasteiger partial charge on any atom is 0.305 e. The topological polar surface area (TPSA) is 92.9 Å². The summed E-state index contributed by atoms with van der Waals surface area (Å²) in [7, 11) is 1.56. The highest BCUT2D eigenvalue weighted by Crippen LogP contribution is 2.27. The molecule has 0 saturated carbocycles. The van der Waals surface area contributed by atoms with E-state index in [1.807, 2.05) is 13.0 Å². The van der Waals surface area contributed by atoms with Crippen LogP contribution in [0.2, 0.25) is 0 Å². The standard InChI is InChI=1S/C16H18N2O5/c1-9-3-4-13-12(17-9)7-14(23-13)16(21)18-8-11(22-2)5-10(18)6-15(19)20/h3-4,7,10-11H,5-6,8H2,1-2H3,(H,19,20). The number of aromatic nitrogens is 1. The Bertz CT molecular complexity index is 754. The summed E-state index contributed by atoms with van der Waals surface area (Å²) >= 11 is 0. The van der Waals surface area contributed by atoms with Crippen molar-refractivity contribution in [1.82, 2.24) is 9.88 Å². The number of aryl methyl sites for hydroxylation is 1. The zero-order chi connectivity index (χ0) is 16.6. The smallest absolute Gasteiger partial charge is 0.305 e. The minimum absolute atomic E-state index is 0.108. The van der Waals surface area contributed by atoms with Crippen LogP contribution < -0.4 is 0 Å². The van der Waals surface area contributed by atoms with Gasteiger partial charge in [-0.1, -0.05) is 0 Å². The Balaban J connectivity index is 1.88. The van der Waals surface area contributed by atoms with Crippen LogP contribution >= 0.6 is 0 Å². The third kappa shape index (κ3) is 3.05. The van der Waals surface area contributed by atoms with Gasteiger partial charge in [0.25, 0.3) is 5.91 Å². The maximum absolute atomic E-state index is 12.7. The van der Waals surface area contributed by atoms with Gasteiger partial charge >= 0.3 is 5.97 Å². The summed E-state index contributed by atoms with van der Waals surface area (Å²) in [4.78, 5) is 29.6. The Morgan fingerprint density at radius 2 is 2.26 bits per heavy atom. The van der Waals surface area contributed by atoms with Gasteiger partial charge in [-0.2, -0.15) is 0 Å². The molecule has 2 aromatic rings. The molecule has 2 atom stereocenters. The normalized spacial score (nSPS) is 21.0. The number of rotatable bonds is 4. The van der Waals surface area contributed by atoms with Crippen LogP contribution in [0.15, 0.2) is 22.6 Å². The highest BCUT2D eigenvalue weighted by atomic mass is 16.5. The molecule has 122 valence electrons. The summed E-state index contributed by atoms with van der Waals surface area (Å²) in [6, 6.07) is 4.78. The molecule has 23 heavy (non-hydrogen) atoms. The van der Waals surface area contributed by atoms with Gasteiger partial charge in [0.15, 0.2) is 11.3 Å². The Morgan fingerprint density at radius 3 is 2.96 bits per heavy atom. The van der Waals surface area contributed by atoms with E-state index in [0.717, 1.165) is 5.69 Å². The molecule has 2 unspecified atom stereocenters. The first-order valence-corrected chi connectivity index (χ1v) is 7.40. The number of fused-ring (bicyclic) bond motifs is 1. The second-order valence-corrected chi connectivity index (χ2v) is 5.75. The van der Waals surface area contributed by atoms with E-state index in [4.69, 9.17) is 14.3 Å². The molecule has 0 spiro atoms. The van der Waals surface area contributed by atoms with E-state index in [1.54, 1.807) is 19.2 Å². The van der Waals surface area contributed by atoms with E-state index in [0.29, 0.717) is 24.1 Å². The minimum atomic E-state index is -0.938. The molecular formula is C16H18N2O5. The third-order valence-corrected chi connectivity index (χ3v) is 4.10. The lowest BCUT2D eigenvalue weighted by atomic mass is 10.1. The van der Waals surface area contributed by atoms with Crippen LogP contribution in [0.1, 0.15) is 29.1 Å². The lowest BCUT2D eigenvalue weighted by Crippen LogP contribution is -2.37. The highest BCUT2D eigenvalue weighted by molar-refractivity contribution is 5.95. The number of nitrogens with zero attached hydrogens (tertiary/aromatic N) is 2. The molecule has 1 fully saturated rings. The number of carbonyl (C=O) groups is 2. The van der Waals surface area contributed by atoms with Crippen LogP contribution in [0.25, 0.3) is 11.1 Å². The second kappa shape index (κ2) is 6.00. The Kier molecular flexibility index (Phi) is 4.04. The second-order valence-electron chi connectivity index (χ2n) is 5.75. The fourth-order valence-electron chi connectivity index (χ4n) is 2.96. The summed E-state index contributed by atoms with van der Waals surface area (Å²) in [5, 5.41) is 9.04. The SMILES string of the molecule is COC1CC(CC(=O)O)N(C(=O)c2cc3nc(C)ccc3o2)C1. The zero-order valence-corrected chi connectivity index (χ0v) is 13.0. The van der Waals surface area contributed by atoms with Crippen molar-refractivity contribution in [2.24, 2.45) is 0 Å². The molecule has 1 saturated heterocycles. The molecular weight excluding hydrogens is 300 g/mol. The van der Waals surface area contributed by atoms with Gasteiger partial charge in [-0.25, -0.2) is 4.98 Å². The van der Waals surface area contributed by atoms with Crippen molar-refractivity contribution in [3.8, 4) is 0 Å². The van der Waals surface area contributed by atoms with E-state index in [-0.39, 0.29) is 24.2 Å². The number of hydrogen-bond acceptors (Lipinski definition) is 5. The van der Waals surface area contributed by atoms with E-state index >= 15 is 0 Å². The molecule has 7 heteroatoms. The van der Waals surface area contributed by atoms with Gasteiger partial charge in [0.05, 0.1) is 12.5 Å². The van der Waals surface area contributed by atoms with E-state index in [1.165, 1.54) is 4.90 Å². The molecule has 2 aromatic heterocycles. The van der Waals surface area contributed by atoms with Crippen LogP contribution in [-0.2, 0) is 9.53 Å². The predicted molar refractivity (Wildman–Crippen MR) is 81.2 cm³/mol. The number of methoxy groups -OCH3 is 1. The number of carboxylic acids is 1. The molecule has 0 radical (unpaired) electrons. The van der Waals surface area contributed by atoms with Gasteiger partial charge < -0.3 is 19.2 Å². The number of aliphatic carboxylic acids is 1. The van der Waals surface area contributed by atoms with Gasteiger partial charge in [0.1, 0.15) is 5.52 Å². The fraction of sp³-hybridized carbons (Fsp3) is 0.438. The Hall–Kier alpha value is -2.41. The van der Waals surface area contributed by atoms with Crippen molar-refractivity contribution in [3.05, 3.63) is 29.7 Å². The molecule has 0 aromatic carbocycles. The molecule has 0 bridgehead atoms. The van der Waals surface area contributed by atoms with Crippen LogP contribution in [0.3, 0.4) is 0 Å². The van der Waals surface area contributed by atoms with Crippen molar-refractivity contribution in [2.45, 2.75) is 31.9 Å². The number of pyridine rings is 1. The van der Waals surface area contributed by atoms with Gasteiger partial charge in [-0.3, -0.25) is 9.59 Å². The van der Waals surface area contributed by atoms with Crippen LogP contribution in [0.5, 0.6) is 0 Å². The first-order chi connectivity index (χ1) is 11.0. The first kappa shape index (κ1) is 15.5. The number of amides is 1. The summed E-state index contributed by atoms with van der Waals surface area (Å²) in [6.45, 7) is 2.22. The first-order valence-electron chi connectivity index (χ1n) is 7.40. The van der Waals surface area contributed by atoms with Crippen molar-refractivity contribution >= 4 is 23.0 Å². The lowest BCUT2D eigenvalue weighted by molar-refractivity contribution is -0.138. The van der Waals surface area contributed by atoms with E-state index < -0.39 is 12.0 Å². The molecule has 1 aliphatic rings. The summed E-state index contributed by atoms with van der Waals surface area (Å²) in [5.41, 5.74) is 1.99. The van der Waals surface area contributed by atoms with Crippen LogP contribution in [-0.4, -0.2) is 52.7 Å². The van der Waals surface area contributed by atoms with Crippen molar-refractivity contribution in [3.63, 3.8) is 0 Å².